The van der Waals surface area contributed by atoms with E-state index in [-0.39, 0.29) is 6.04 Å². The number of hydrogen-bond donors (Lipinski definition) is 1. The Bertz CT molecular complexity index is 934. The molecule has 0 aliphatic carbocycles. The zero-order valence-corrected chi connectivity index (χ0v) is 14.7. The molecule has 2 unspecified atom stereocenters. The van der Waals surface area contributed by atoms with Crippen LogP contribution in [0.25, 0.3) is 10.9 Å². The molecule has 2 aliphatic heterocycles. The van der Waals surface area contributed by atoms with Crippen molar-refractivity contribution in [2.24, 2.45) is 0 Å². The fraction of sp³-hybridized carbons (Fsp3) is 0.444. The zero-order valence-electron chi connectivity index (χ0n) is 14.7. The van der Waals surface area contributed by atoms with Crippen LogP contribution in [0.3, 0.4) is 0 Å². The Balaban J connectivity index is 1.49. The van der Waals surface area contributed by atoms with Crippen LogP contribution < -0.4 is 10.2 Å². The van der Waals surface area contributed by atoms with Crippen LogP contribution in [0.5, 0.6) is 0 Å². The maximum absolute atomic E-state index is 5.46. The zero-order chi connectivity index (χ0) is 17.5. The SMILES string of the molecule is CC1CC(Nc2ncnc3ccc(N4CCOCC4)cc23)c2ncnn21. The van der Waals surface area contributed by atoms with Crippen LogP contribution in [-0.2, 0) is 4.74 Å². The van der Waals surface area contributed by atoms with Gasteiger partial charge in [0.05, 0.1) is 30.8 Å². The summed E-state index contributed by atoms with van der Waals surface area (Å²) in [6.45, 7) is 5.51. The Morgan fingerprint density at radius 2 is 2.00 bits per heavy atom. The molecule has 3 aromatic rings. The first-order chi connectivity index (χ1) is 12.8. The lowest BCUT2D eigenvalue weighted by atomic mass is 10.1. The van der Waals surface area contributed by atoms with E-state index in [1.807, 2.05) is 4.68 Å². The predicted molar refractivity (Wildman–Crippen MR) is 98.3 cm³/mol. The molecule has 134 valence electrons. The van der Waals surface area contributed by atoms with Crippen molar-refractivity contribution in [3.8, 4) is 0 Å². The Morgan fingerprint density at radius 3 is 2.88 bits per heavy atom. The maximum atomic E-state index is 5.46. The second-order valence-electron chi connectivity index (χ2n) is 6.87. The lowest BCUT2D eigenvalue weighted by Crippen LogP contribution is -2.36. The number of nitrogens with one attached hydrogen (secondary N) is 1. The molecule has 8 nitrogen and oxygen atoms in total. The topological polar surface area (TPSA) is 81.0 Å². The van der Waals surface area contributed by atoms with Gasteiger partial charge in [-0.2, -0.15) is 5.10 Å². The highest BCUT2D eigenvalue weighted by molar-refractivity contribution is 5.91. The lowest BCUT2D eigenvalue weighted by Gasteiger charge is -2.29. The minimum absolute atomic E-state index is 0.109. The Hall–Kier alpha value is -2.74. The van der Waals surface area contributed by atoms with Crippen LogP contribution in [0.1, 0.15) is 31.3 Å². The highest BCUT2D eigenvalue weighted by atomic mass is 16.5. The van der Waals surface area contributed by atoms with Gasteiger partial charge in [0.1, 0.15) is 24.3 Å². The summed E-state index contributed by atoms with van der Waals surface area (Å²) in [7, 11) is 0. The van der Waals surface area contributed by atoms with Gasteiger partial charge in [-0.3, -0.25) is 0 Å². The van der Waals surface area contributed by atoms with E-state index in [1.165, 1.54) is 5.69 Å². The molecular weight excluding hydrogens is 330 g/mol. The number of aromatic nitrogens is 5. The summed E-state index contributed by atoms with van der Waals surface area (Å²) in [4.78, 5) is 15.7. The van der Waals surface area contributed by atoms with Gasteiger partial charge in [-0.15, -0.1) is 0 Å². The second kappa shape index (κ2) is 6.21. The van der Waals surface area contributed by atoms with Crippen LogP contribution in [-0.4, -0.2) is 51.0 Å². The van der Waals surface area contributed by atoms with Crippen molar-refractivity contribution in [1.82, 2.24) is 24.7 Å². The quantitative estimate of drug-likeness (QED) is 0.774. The lowest BCUT2D eigenvalue weighted by molar-refractivity contribution is 0.122. The molecule has 0 spiro atoms. The summed E-state index contributed by atoms with van der Waals surface area (Å²) in [5, 5.41) is 8.92. The van der Waals surface area contributed by atoms with Gasteiger partial charge in [0.2, 0.25) is 0 Å². The van der Waals surface area contributed by atoms with Gasteiger partial charge >= 0.3 is 0 Å². The maximum Gasteiger partial charge on any atom is 0.149 e. The molecule has 2 atom stereocenters. The molecule has 26 heavy (non-hydrogen) atoms. The van der Waals surface area contributed by atoms with E-state index in [0.717, 1.165) is 55.3 Å². The van der Waals surface area contributed by atoms with Crippen molar-refractivity contribution in [2.45, 2.75) is 25.4 Å². The number of rotatable bonds is 3. The minimum atomic E-state index is 0.109. The number of nitrogens with zero attached hydrogens (tertiary/aromatic N) is 6. The molecule has 8 heteroatoms. The van der Waals surface area contributed by atoms with Crippen molar-refractivity contribution in [3.63, 3.8) is 0 Å². The van der Waals surface area contributed by atoms with Crippen LogP contribution in [0.15, 0.2) is 30.9 Å². The third kappa shape index (κ3) is 2.57. The van der Waals surface area contributed by atoms with Crippen LogP contribution >= 0.6 is 0 Å². The van der Waals surface area contributed by atoms with Crippen molar-refractivity contribution in [2.75, 3.05) is 36.5 Å². The van der Waals surface area contributed by atoms with Gasteiger partial charge in [-0.1, -0.05) is 0 Å². The molecule has 0 radical (unpaired) electrons. The standard InChI is InChI=1S/C18H21N7O/c1-12-8-16(18-21-11-22-25(12)18)23-17-14-9-13(24-4-6-26-7-5-24)2-3-15(14)19-10-20-17/h2-3,9-12,16H,4-8H2,1H3,(H,19,20,23). The van der Waals surface area contributed by atoms with Gasteiger partial charge in [0.15, 0.2) is 0 Å². The van der Waals surface area contributed by atoms with Gasteiger partial charge in [0.25, 0.3) is 0 Å². The monoisotopic (exact) mass is 351 g/mol. The summed E-state index contributed by atoms with van der Waals surface area (Å²) < 4.78 is 7.45. The minimum Gasteiger partial charge on any atom is -0.378 e. The molecular formula is C18H21N7O. The summed E-state index contributed by atoms with van der Waals surface area (Å²) in [6, 6.07) is 6.80. The Morgan fingerprint density at radius 1 is 1.12 bits per heavy atom. The van der Waals surface area contributed by atoms with Crippen molar-refractivity contribution in [1.29, 1.82) is 0 Å². The summed E-state index contributed by atoms with van der Waals surface area (Å²) in [6.07, 6.45) is 4.18. The second-order valence-corrected chi connectivity index (χ2v) is 6.87. The molecule has 0 saturated carbocycles. The largest absolute Gasteiger partial charge is 0.378 e. The Labute approximate surface area is 151 Å². The van der Waals surface area contributed by atoms with E-state index < -0.39 is 0 Å². The molecule has 1 aromatic carbocycles. The molecule has 1 fully saturated rings. The normalized spacial score (nSPS) is 22.6. The van der Waals surface area contributed by atoms with Gasteiger partial charge in [-0.05, 0) is 31.5 Å². The summed E-state index contributed by atoms with van der Waals surface area (Å²) >= 11 is 0. The van der Waals surface area contributed by atoms with Gasteiger partial charge in [0, 0.05) is 24.2 Å². The predicted octanol–water partition coefficient (Wildman–Crippen LogP) is 2.18. The van der Waals surface area contributed by atoms with Crippen molar-refractivity contribution < 1.29 is 4.74 Å². The highest BCUT2D eigenvalue weighted by Crippen LogP contribution is 2.35. The van der Waals surface area contributed by atoms with E-state index in [1.54, 1.807) is 12.7 Å². The third-order valence-corrected chi connectivity index (χ3v) is 5.21. The molecule has 5 rings (SSSR count). The molecule has 2 aliphatic rings. The number of anilines is 2. The molecule has 0 bridgehead atoms. The highest BCUT2D eigenvalue weighted by Gasteiger charge is 2.30. The van der Waals surface area contributed by atoms with Crippen LogP contribution in [0, 0.1) is 0 Å². The smallest absolute Gasteiger partial charge is 0.149 e. The Kier molecular flexibility index (Phi) is 3.70. The summed E-state index contributed by atoms with van der Waals surface area (Å²) in [5.74, 6) is 1.81. The van der Waals surface area contributed by atoms with Crippen LogP contribution in [0.2, 0.25) is 0 Å². The number of benzene rings is 1. The number of ether oxygens (including phenoxy) is 1. The van der Waals surface area contributed by atoms with E-state index in [9.17, 15) is 0 Å². The van der Waals surface area contributed by atoms with E-state index in [4.69, 9.17) is 4.74 Å². The fourth-order valence-electron chi connectivity index (χ4n) is 3.86. The first kappa shape index (κ1) is 15.5. The average Bonchev–Trinajstić information content (AvgIpc) is 3.28. The molecule has 1 N–H and O–H groups in total. The number of morpholine rings is 1. The van der Waals surface area contributed by atoms with Crippen molar-refractivity contribution >= 4 is 22.4 Å². The fourth-order valence-corrected chi connectivity index (χ4v) is 3.86. The van der Waals surface area contributed by atoms with Crippen LogP contribution in [0.4, 0.5) is 11.5 Å². The molecule has 2 aromatic heterocycles. The average molecular weight is 351 g/mol. The first-order valence-electron chi connectivity index (χ1n) is 9.03. The van der Waals surface area contributed by atoms with Gasteiger partial charge < -0.3 is 15.0 Å². The van der Waals surface area contributed by atoms with E-state index in [0.29, 0.717) is 6.04 Å². The molecule has 1 saturated heterocycles. The summed E-state index contributed by atoms with van der Waals surface area (Å²) in [5.41, 5.74) is 2.12. The molecule has 4 heterocycles. The van der Waals surface area contributed by atoms with Gasteiger partial charge in [-0.25, -0.2) is 19.6 Å². The van der Waals surface area contributed by atoms with Crippen molar-refractivity contribution in [3.05, 3.63) is 36.7 Å². The number of hydrogen-bond acceptors (Lipinski definition) is 7. The molecule has 0 amide bonds. The van der Waals surface area contributed by atoms with E-state index >= 15 is 0 Å². The van der Waals surface area contributed by atoms with E-state index in [2.05, 4.69) is 55.4 Å². The first-order valence-corrected chi connectivity index (χ1v) is 9.03. The third-order valence-electron chi connectivity index (χ3n) is 5.21. The number of fused-ring (bicyclic) bond motifs is 2.